The molecule has 0 bridgehead atoms. The third-order valence-electron chi connectivity index (χ3n) is 9.60. The van der Waals surface area contributed by atoms with Crippen molar-refractivity contribution in [1.29, 1.82) is 15.8 Å². The molecule has 2 N–H and O–H groups in total. The van der Waals surface area contributed by atoms with Gasteiger partial charge in [0.15, 0.2) is 0 Å². The van der Waals surface area contributed by atoms with Crippen molar-refractivity contribution in [3.8, 4) is 40.5 Å². The highest BCUT2D eigenvalue weighted by Gasteiger charge is 2.31. The number of fused-ring (bicyclic) bond motifs is 6. The largest absolute Gasteiger partial charge is 0.416 e. The summed E-state index contributed by atoms with van der Waals surface area (Å²) >= 11 is 0. The number of hydrogen-bond acceptors (Lipinski definition) is 5. The second kappa shape index (κ2) is 12.8. The van der Waals surface area contributed by atoms with Crippen LogP contribution in [-0.2, 0) is 19.3 Å². The van der Waals surface area contributed by atoms with E-state index in [2.05, 4.69) is 28.8 Å². The Morgan fingerprint density at radius 1 is 0.615 bits per heavy atom. The average molecular weight is 696 g/mol. The highest BCUT2D eigenvalue weighted by atomic mass is 19.4. The predicted octanol–water partition coefficient (Wildman–Crippen LogP) is 7.35. The summed E-state index contributed by atoms with van der Waals surface area (Å²) in [5.74, 6) is -0.268. The van der Waals surface area contributed by atoms with Gasteiger partial charge in [-0.3, -0.25) is 9.59 Å². The van der Waals surface area contributed by atoms with Gasteiger partial charge >= 0.3 is 6.18 Å². The van der Waals surface area contributed by atoms with Crippen molar-refractivity contribution in [2.45, 2.75) is 33.1 Å². The molecule has 8 rings (SSSR count). The van der Waals surface area contributed by atoms with Gasteiger partial charge in [0, 0.05) is 48.1 Å². The highest BCUT2D eigenvalue weighted by molar-refractivity contribution is 6.08. The molecule has 2 aliphatic heterocycles. The lowest BCUT2D eigenvalue weighted by atomic mass is 9.98. The lowest BCUT2D eigenvalue weighted by Crippen LogP contribution is -2.35. The number of benzene rings is 4. The summed E-state index contributed by atoms with van der Waals surface area (Å²) in [7, 11) is 0. The number of nitrogens with zero attached hydrogens (tertiary/aromatic N) is 5. The van der Waals surface area contributed by atoms with Crippen molar-refractivity contribution in [2.24, 2.45) is 0 Å². The van der Waals surface area contributed by atoms with E-state index in [4.69, 9.17) is 5.26 Å². The predicted molar refractivity (Wildman–Crippen MR) is 188 cm³/mol. The van der Waals surface area contributed by atoms with E-state index in [1.807, 2.05) is 47.2 Å². The van der Waals surface area contributed by atoms with Crippen LogP contribution < -0.4 is 10.6 Å². The quantitative estimate of drug-likeness (QED) is 0.195. The van der Waals surface area contributed by atoms with Crippen molar-refractivity contribution in [3.05, 3.63) is 118 Å². The molecular weight excluding hydrogens is 667 g/mol. The number of halogens is 3. The van der Waals surface area contributed by atoms with Gasteiger partial charge in [-0.25, -0.2) is 0 Å². The first-order valence-corrected chi connectivity index (χ1v) is 16.3. The fraction of sp³-hybridized carbons (Fsp3) is 0.175. The number of aromatic nitrogens is 2. The van der Waals surface area contributed by atoms with Crippen LogP contribution in [0.3, 0.4) is 0 Å². The van der Waals surface area contributed by atoms with E-state index < -0.39 is 11.7 Å². The maximum Gasteiger partial charge on any atom is 0.416 e. The van der Waals surface area contributed by atoms with Crippen LogP contribution in [0.5, 0.6) is 0 Å². The number of amides is 2. The summed E-state index contributed by atoms with van der Waals surface area (Å²) in [5, 5.41) is 35.2. The molecule has 52 heavy (non-hydrogen) atoms. The number of carbonyl (C=O) groups excluding carboxylic acids is 2. The minimum atomic E-state index is -4.41. The zero-order chi connectivity index (χ0) is 36.9. The molecule has 6 aromatic rings. The Balaban J connectivity index is 0.000000162. The SMILES string of the molecule is Cc1c2n(c3c(-c4ccc(C#N)cc4)cc(C#N)cc13)CCNC2=O.Cc1c2n(c3c(-c4ccc(C(F)(F)F)cc4)cc(C#N)cc13)CCNC2=O. The van der Waals surface area contributed by atoms with Crippen LogP contribution in [-0.4, -0.2) is 34.0 Å². The van der Waals surface area contributed by atoms with Crippen LogP contribution in [0.2, 0.25) is 0 Å². The van der Waals surface area contributed by atoms with Gasteiger partial charge in [-0.2, -0.15) is 29.0 Å². The Hall–Kier alpha value is -6.84. The summed E-state index contributed by atoms with van der Waals surface area (Å²) in [6.45, 7) is 6.05. The van der Waals surface area contributed by atoms with Crippen molar-refractivity contribution in [2.75, 3.05) is 13.1 Å². The number of rotatable bonds is 2. The minimum absolute atomic E-state index is 0.0794. The molecule has 0 radical (unpaired) electrons. The third kappa shape index (κ3) is 5.59. The van der Waals surface area contributed by atoms with E-state index >= 15 is 0 Å². The Bertz CT molecular complexity index is 2590. The molecule has 0 atom stereocenters. The summed E-state index contributed by atoms with van der Waals surface area (Å²) in [6.07, 6.45) is -4.41. The van der Waals surface area contributed by atoms with Crippen LogP contribution in [0.15, 0.2) is 72.8 Å². The maximum absolute atomic E-state index is 12.9. The van der Waals surface area contributed by atoms with E-state index in [0.29, 0.717) is 65.4 Å². The first kappa shape index (κ1) is 33.6. The van der Waals surface area contributed by atoms with Crippen LogP contribution >= 0.6 is 0 Å². The average Bonchev–Trinajstić information content (AvgIpc) is 3.62. The van der Waals surface area contributed by atoms with Gasteiger partial charge in [-0.1, -0.05) is 24.3 Å². The molecule has 2 amide bonds. The van der Waals surface area contributed by atoms with E-state index in [1.54, 1.807) is 24.3 Å². The highest BCUT2D eigenvalue weighted by Crippen LogP contribution is 2.39. The fourth-order valence-corrected chi connectivity index (χ4v) is 7.20. The molecule has 9 nitrogen and oxygen atoms in total. The van der Waals surface area contributed by atoms with Crippen LogP contribution in [0.1, 0.15) is 54.4 Å². The first-order chi connectivity index (χ1) is 24.9. The van der Waals surface area contributed by atoms with Crippen molar-refractivity contribution < 1.29 is 22.8 Å². The van der Waals surface area contributed by atoms with Crippen LogP contribution in [0.4, 0.5) is 13.2 Å². The van der Waals surface area contributed by atoms with Gasteiger partial charge < -0.3 is 19.8 Å². The molecular formula is C40H28F3N7O2. The zero-order valence-electron chi connectivity index (χ0n) is 27.9. The number of hydrogen-bond donors (Lipinski definition) is 2. The van der Waals surface area contributed by atoms with Gasteiger partial charge in [0.25, 0.3) is 11.8 Å². The van der Waals surface area contributed by atoms with E-state index in [9.17, 15) is 33.3 Å². The number of nitrogens with one attached hydrogen (secondary N) is 2. The van der Waals surface area contributed by atoms with Gasteiger partial charge in [0.2, 0.25) is 0 Å². The topological polar surface area (TPSA) is 139 Å². The molecule has 2 aromatic heterocycles. The molecule has 4 aromatic carbocycles. The number of aryl methyl sites for hydroxylation is 2. The maximum atomic E-state index is 12.9. The molecule has 0 saturated carbocycles. The Morgan fingerprint density at radius 3 is 1.40 bits per heavy atom. The molecule has 0 spiro atoms. The normalized spacial score (nSPS) is 13.5. The van der Waals surface area contributed by atoms with E-state index in [1.165, 1.54) is 12.1 Å². The molecule has 0 fully saturated rings. The molecule has 4 heterocycles. The molecule has 256 valence electrons. The zero-order valence-corrected chi connectivity index (χ0v) is 27.9. The Kier molecular flexibility index (Phi) is 8.28. The van der Waals surface area contributed by atoms with E-state index in [-0.39, 0.29) is 11.8 Å². The summed E-state index contributed by atoms with van der Waals surface area (Å²) in [4.78, 5) is 24.6. The van der Waals surface area contributed by atoms with Crippen LogP contribution in [0.25, 0.3) is 44.1 Å². The Morgan fingerprint density at radius 2 is 1.02 bits per heavy atom. The van der Waals surface area contributed by atoms with Gasteiger partial charge in [-0.15, -0.1) is 0 Å². The second-order valence-electron chi connectivity index (χ2n) is 12.6. The molecule has 0 aliphatic carbocycles. The minimum Gasteiger partial charge on any atom is -0.349 e. The van der Waals surface area contributed by atoms with Crippen molar-refractivity contribution in [1.82, 2.24) is 19.8 Å². The lowest BCUT2D eigenvalue weighted by molar-refractivity contribution is -0.137. The van der Waals surface area contributed by atoms with Gasteiger partial charge in [-0.05, 0) is 84.6 Å². The first-order valence-electron chi connectivity index (χ1n) is 16.3. The summed E-state index contributed by atoms with van der Waals surface area (Å²) in [6, 6.07) is 25.6. The second-order valence-corrected chi connectivity index (χ2v) is 12.6. The lowest BCUT2D eigenvalue weighted by Gasteiger charge is -2.18. The standard InChI is InChI=1S/C20H14F3N3O.C20H14N4O/c1-11-15-8-12(10-24)9-16(13-2-4-14(5-3-13)20(21,22)23)18(15)26-7-6-25-19(27)17(11)26;1-12-16-8-14(11-22)9-17(15-4-2-13(10-21)3-5-15)19(16)24-7-6-23-20(25)18(12)24/h2-5,8-9H,6-7H2,1H3,(H,25,27);2-5,8-9H,6-7H2,1H3,(H,23,25). The molecule has 0 unspecified atom stereocenters. The van der Waals surface area contributed by atoms with Gasteiger partial charge in [0.05, 0.1) is 51.5 Å². The van der Waals surface area contributed by atoms with E-state index in [0.717, 1.165) is 56.2 Å². The third-order valence-corrected chi connectivity index (χ3v) is 9.60. The number of nitriles is 3. The molecule has 0 saturated heterocycles. The molecule has 2 aliphatic rings. The summed E-state index contributed by atoms with van der Waals surface area (Å²) in [5.41, 5.74) is 8.39. The smallest absolute Gasteiger partial charge is 0.349 e. The van der Waals surface area contributed by atoms with Gasteiger partial charge in [0.1, 0.15) is 11.4 Å². The Labute approximate surface area is 295 Å². The summed E-state index contributed by atoms with van der Waals surface area (Å²) < 4.78 is 42.5. The monoisotopic (exact) mass is 695 g/mol. The number of alkyl halides is 3. The molecule has 12 heteroatoms. The van der Waals surface area contributed by atoms with Crippen molar-refractivity contribution >= 4 is 33.6 Å². The fourth-order valence-electron chi connectivity index (χ4n) is 7.20. The van der Waals surface area contributed by atoms with Crippen molar-refractivity contribution in [3.63, 3.8) is 0 Å². The van der Waals surface area contributed by atoms with Crippen LogP contribution in [0, 0.1) is 47.8 Å². The number of carbonyl (C=O) groups is 2.